The summed E-state index contributed by atoms with van der Waals surface area (Å²) in [7, 11) is 3.20. The molecule has 0 atom stereocenters. The maximum Gasteiger partial charge on any atom is 0.242 e. The summed E-state index contributed by atoms with van der Waals surface area (Å²) in [4.78, 5) is 28.0. The van der Waals surface area contributed by atoms with E-state index in [-0.39, 0.29) is 18.4 Å². The van der Waals surface area contributed by atoms with Crippen LogP contribution in [-0.4, -0.2) is 42.4 Å². The molecule has 18 heavy (non-hydrogen) atoms. The van der Waals surface area contributed by atoms with Gasteiger partial charge in [0.25, 0.3) is 0 Å². The van der Waals surface area contributed by atoms with Crippen molar-refractivity contribution in [2.75, 3.05) is 20.7 Å². The second-order valence-electron chi connectivity index (χ2n) is 3.83. The zero-order valence-corrected chi connectivity index (χ0v) is 10.8. The lowest BCUT2D eigenvalue weighted by molar-refractivity contribution is -0.131. The Balaban J connectivity index is 2.60. The minimum absolute atomic E-state index is 0.00554. The predicted octanol–water partition coefficient (Wildman–Crippen LogP) is 0.185. The third-order valence-electron chi connectivity index (χ3n) is 2.37. The van der Waals surface area contributed by atoms with Crippen LogP contribution in [0.2, 0.25) is 0 Å². The van der Waals surface area contributed by atoms with Crippen LogP contribution in [0.1, 0.15) is 12.5 Å². The van der Waals surface area contributed by atoms with Crippen LogP contribution in [-0.2, 0) is 16.1 Å². The highest BCUT2D eigenvalue weighted by atomic mass is 16.5. The Morgan fingerprint density at radius 3 is 2.83 bits per heavy atom. The Morgan fingerprint density at radius 2 is 2.22 bits per heavy atom. The van der Waals surface area contributed by atoms with Gasteiger partial charge in [0.05, 0.1) is 20.2 Å². The normalized spacial score (nSPS) is 9.72. The SMILES string of the molecule is COc1ncccc1CN(C)C(=O)CNC(C)=O. The van der Waals surface area contributed by atoms with Gasteiger partial charge in [0, 0.05) is 25.7 Å². The molecule has 98 valence electrons. The van der Waals surface area contributed by atoms with Gasteiger partial charge in [0.2, 0.25) is 17.7 Å². The van der Waals surface area contributed by atoms with Crippen LogP contribution in [0.15, 0.2) is 18.3 Å². The number of aromatic nitrogens is 1. The van der Waals surface area contributed by atoms with Crippen LogP contribution in [0.4, 0.5) is 0 Å². The summed E-state index contributed by atoms with van der Waals surface area (Å²) in [5.74, 6) is 0.100. The topological polar surface area (TPSA) is 71.5 Å². The second kappa shape index (κ2) is 6.58. The number of carbonyl (C=O) groups excluding carboxylic acids is 2. The van der Waals surface area contributed by atoms with Crippen LogP contribution in [0.25, 0.3) is 0 Å². The summed E-state index contributed by atoms with van der Waals surface area (Å²) >= 11 is 0. The second-order valence-corrected chi connectivity index (χ2v) is 3.83. The Hall–Kier alpha value is -2.11. The summed E-state index contributed by atoms with van der Waals surface area (Å²) in [6, 6.07) is 3.62. The Morgan fingerprint density at radius 1 is 1.50 bits per heavy atom. The van der Waals surface area contributed by atoms with Gasteiger partial charge in [0.15, 0.2) is 0 Å². The van der Waals surface area contributed by atoms with Gasteiger partial charge in [-0.3, -0.25) is 9.59 Å². The van der Waals surface area contributed by atoms with Crippen molar-refractivity contribution in [2.24, 2.45) is 0 Å². The molecule has 1 heterocycles. The lowest BCUT2D eigenvalue weighted by Crippen LogP contribution is -2.36. The maximum absolute atomic E-state index is 11.7. The number of nitrogens with zero attached hydrogens (tertiary/aromatic N) is 2. The van der Waals surface area contributed by atoms with E-state index in [2.05, 4.69) is 10.3 Å². The molecule has 6 nitrogen and oxygen atoms in total. The Labute approximate surface area is 106 Å². The van der Waals surface area contributed by atoms with Gasteiger partial charge in [-0.2, -0.15) is 0 Å². The fraction of sp³-hybridized carbons (Fsp3) is 0.417. The molecule has 0 fully saturated rings. The van der Waals surface area contributed by atoms with Crippen molar-refractivity contribution < 1.29 is 14.3 Å². The van der Waals surface area contributed by atoms with E-state index in [1.54, 1.807) is 19.3 Å². The molecule has 1 rings (SSSR count). The summed E-state index contributed by atoms with van der Waals surface area (Å²) < 4.78 is 5.11. The molecule has 0 saturated heterocycles. The number of likely N-dealkylation sites (N-methyl/N-ethyl adjacent to an activating group) is 1. The van der Waals surface area contributed by atoms with Gasteiger partial charge < -0.3 is 15.0 Å². The molecule has 0 aliphatic heterocycles. The molecular weight excluding hydrogens is 234 g/mol. The molecule has 0 spiro atoms. The molecule has 0 aromatic carbocycles. The summed E-state index contributed by atoms with van der Waals surface area (Å²) in [5.41, 5.74) is 0.818. The third-order valence-corrected chi connectivity index (χ3v) is 2.37. The number of rotatable bonds is 5. The predicted molar refractivity (Wildman–Crippen MR) is 65.9 cm³/mol. The van der Waals surface area contributed by atoms with Crippen molar-refractivity contribution >= 4 is 11.8 Å². The number of amides is 2. The highest BCUT2D eigenvalue weighted by Gasteiger charge is 2.12. The van der Waals surface area contributed by atoms with Crippen LogP contribution >= 0.6 is 0 Å². The molecule has 0 aliphatic rings. The maximum atomic E-state index is 11.7. The van der Waals surface area contributed by atoms with E-state index in [4.69, 9.17) is 4.74 Å². The molecule has 0 bridgehead atoms. The molecule has 0 radical (unpaired) electrons. The fourth-order valence-electron chi connectivity index (χ4n) is 1.41. The standard InChI is InChI=1S/C12H17N3O3/c1-9(16)14-7-11(17)15(2)8-10-5-4-6-13-12(10)18-3/h4-6H,7-8H2,1-3H3,(H,14,16). The van der Waals surface area contributed by atoms with Gasteiger partial charge in [-0.15, -0.1) is 0 Å². The highest BCUT2D eigenvalue weighted by Crippen LogP contribution is 2.15. The lowest BCUT2D eigenvalue weighted by Gasteiger charge is -2.18. The van der Waals surface area contributed by atoms with Gasteiger partial charge in [-0.1, -0.05) is 6.07 Å². The first-order chi connectivity index (χ1) is 8.54. The fourth-order valence-corrected chi connectivity index (χ4v) is 1.41. The van der Waals surface area contributed by atoms with Crippen LogP contribution in [0.5, 0.6) is 5.88 Å². The van der Waals surface area contributed by atoms with Crippen molar-refractivity contribution in [2.45, 2.75) is 13.5 Å². The summed E-state index contributed by atoms with van der Waals surface area (Å²) in [5, 5.41) is 2.46. The van der Waals surface area contributed by atoms with Crippen molar-refractivity contribution in [3.05, 3.63) is 23.9 Å². The number of carbonyl (C=O) groups is 2. The molecule has 0 aliphatic carbocycles. The van der Waals surface area contributed by atoms with Crippen molar-refractivity contribution in [3.8, 4) is 5.88 Å². The largest absolute Gasteiger partial charge is 0.481 e. The number of ether oxygens (including phenoxy) is 1. The number of pyridine rings is 1. The van der Waals surface area contributed by atoms with Gasteiger partial charge in [-0.05, 0) is 6.07 Å². The van der Waals surface area contributed by atoms with Crippen molar-refractivity contribution in [1.82, 2.24) is 15.2 Å². The van der Waals surface area contributed by atoms with Crippen LogP contribution < -0.4 is 10.1 Å². The quantitative estimate of drug-likeness (QED) is 0.810. The van der Waals surface area contributed by atoms with E-state index < -0.39 is 0 Å². The zero-order chi connectivity index (χ0) is 13.5. The monoisotopic (exact) mass is 251 g/mol. The Kier molecular flexibility index (Phi) is 5.10. The van der Waals surface area contributed by atoms with Gasteiger partial charge in [0.1, 0.15) is 0 Å². The number of hydrogen-bond donors (Lipinski definition) is 1. The molecule has 0 saturated carbocycles. The van der Waals surface area contributed by atoms with E-state index in [1.807, 2.05) is 6.07 Å². The van der Waals surface area contributed by atoms with Gasteiger partial charge in [-0.25, -0.2) is 4.98 Å². The van der Waals surface area contributed by atoms with E-state index in [0.717, 1.165) is 5.56 Å². The zero-order valence-electron chi connectivity index (χ0n) is 10.8. The van der Waals surface area contributed by atoms with Crippen molar-refractivity contribution in [1.29, 1.82) is 0 Å². The average Bonchev–Trinajstić information content (AvgIpc) is 2.36. The first-order valence-corrected chi connectivity index (χ1v) is 5.51. The number of hydrogen-bond acceptors (Lipinski definition) is 4. The number of nitrogens with one attached hydrogen (secondary N) is 1. The number of methoxy groups -OCH3 is 1. The smallest absolute Gasteiger partial charge is 0.242 e. The van der Waals surface area contributed by atoms with E-state index >= 15 is 0 Å². The van der Waals surface area contributed by atoms with Crippen molar-refractivity contribution in [3.63, 3.8) is 0 Å². The molecule has 1 aromatic rings. The highest BCUT2D eigenvalue weighted by molar-refractivity contribution is 5.83. The minimum Gasteiger partial charge on any atom is -0.481 e. The first kappa shape index (κ1) is 14.0. The molecule has 2 amide bonds. The summed E-state index contributed by atoms with van der Waals surface area (Å²) in [6.45, 7) is 1.75. The first-order valence-electron chi connectivity index (χ1n) is 5.51. The minimum atomic E-state index is -0.226. The van der Waals surface area contributed by atoms with E-state index in [9.17, 15) is 9.59 Å². The third kappa shape index (κ3) is 4.04. The van der Waals surface area contributed by atoms with Crippen LogP contribution in [0.3, 0.4) is 0 Å². The lowest BCUT2D eigenvalue weighted by atomic mass is 10.2. The van der Waals surface area contributed by atoms with E-state index in [1.165, 1.54) is 18.9 Å². The van der Waals surface area contributed by atoms with Crippen LogP contribution in [0, 0.1) is 0 Å². The molecule has 0 unspecified atom stereocenters. The average molecular weight is 251 g/mol. The molecule has 1 N–H and O–H groups in total. The molecule has 1 aromatic heterocycles. The van der Waals surface area contributed by atoms with E-state index in [0.29, 0.717) is 12.4 Å². The molecule has 6 heteroatoms. The molecular formula is C12H17N3O3. The Bertz CT molecular complexity index is 434. The van der Waals surface area contributed by atoms with Gasteiger partial charge >= 0.3 is 0 Å². The summed E-state index contributed by atoms with van der Waals surface area (Å²) in [6.07, 6.45) is 1.63.